The smallest absolute Gasteiger partial charge is 0.115 e. The Morgan fingerprint density at radius 1 is 0.614 bits per heavy atom. The van der Waals surface area contributed by atoms with Gasteiger partial charge in [0.2, 0.25) is 0 Å². The molecule has 0 aromatic heterocycles. The minimum absolute atomic E-state index is 0.436. The van der Waals surface area contributed by atoms with Gasteiger partial charge in [0.25, 0.3) is 0 Å². The third-order valence-electron chi connectivity index (χ3n) is 14.8. The second-order valence-electron chi connectivity index (χ2n) is 16.6. The van der Waals surface area contributed by atoms with Crippen LogP contribution in [0.5, 0.6) is 11.5 Å². The highest BCUT2D eigenvalue weighted by molar-refractivity contribution is 5.41. The minimum Gasteiger partial charge on any atom is -0.508 e. The van der Waals surface area contributed by atoms with Crippen molar-refractivity contribution in [1.82, 2.24) is 10.6 Å². The zero-order valence-corrected chi connectivity index (χ0v) is 27.3. The average molecular weight is 597 g/mol. The van der Waals surface area contributed by atoms with Crippen LogP contribution in [0, 0.1) is 34.5 Å². The van der Waals surface area contributed by atoms with Gasteiger partial charge in [0.15, 0.2) is 0 Å². The molecule has 4 nitrogen and oxygen atoms in total. The van der Waals surface area contributed by atoms with Crippen molar-refractivity contribution in [3.63, 3.8) is 0 Å². The van der Waals surface area contributed by atoms with Gasteiger partial charge in [0, 0.05) is 12.1 Å². The number of unbranched alkanes of at least 4 members (excludes halogenated alkanes) is 1. The number of benzene rings is 2. The van der Waals surface area contributed by atoms with Gasteiger partial charge in [-0.1, -0.05) is 26.0 Å². The van der Waals surface area contributed by atoms with E-state index >= 15 is 0 Å². The number of fused-ring (bicyclic) bond motifs is 10. The van der Waals surface area contributed by atoms with Crippen LogP contribution in [-0.4, -0.2) is 35.4 Å². The van der Waals surface area contributed by atoms with Crippen molar-refractivity contribution < 1.29 is 10.2 Å². The van der Waals surface area contributed by atoms with Gasteiger partial charge >= 0.3 is 0 Å². The van der Waals surface area contributed by atoms with Crippen LogP contribution >= 0.6 is 0 Å². The second-order valence-corrected chi connectivity index (χ2v) is 16.6. The molecule has 10 atom stereocenters. The molecule has 0 spiro atoms. The summed E-state index contributed by atoms with van der Waals surface area (Å²) >= 11 is 0. The lowest BCUT2D eigenvalue weighted by Gasteiger charge is -2.51. The quantitative estimate of drug-likeness (QED) is 0.243. The number of rotatable bonds is 7. The monoisotopic (exact) mass is 596 g/mol. The van der Waals surface area contributed by atoms with Gasteiger partial charge in [-0.15, -0.1) is 0 Å². The van der Waals surface area contributed by atoms with Crippen molar-refractivity contribution >= 4 is 0 Å². The van der Waals surface area contributed by atoms with Crippen molar-refractivity contribution in [2.45, 2.75) is 128 Å². The Morgan fingerprint density at radius 3 is 1.52 bits per heavy atom. The Balaban J connectivity index is 0.808. The van der Waals surface area contributed by atoms with Crippen molar-refractivity contribution in [3.8, 4) is 11.5 Å². The van der Waals surface area contributed by atoms with E-state index in [1.807, 2.05) is 24.3 Å². The molecule has 0 radical (unpaired) electrons. The van der Waals surface area contributed by atoms with E-state index in [2.05, 4.69) is 36.6 Å². The molecule has 2 aromatic rings. The molecule has 4 fully saturated rings. The highest BCUT2D eigenvalue weighted by Gasteiger charge is 2.56. The van der Waals surface area contributed by atoms with Crippen LogP contribution in [0.4, 0.5) is 0 Å². The number of hydrogen-bond acceptors (Lipinski definition) is 4. The van der Waals surface area contributed by atoms with E-state index in [4.69, 9.17) is 0 Å². The van der Waals surface area contributed by atoms with Gasteiger partial charge in [-0.25, -0.2) is 0 Å². The van der Waals surface area contributed by atoms with Crippen molar-refractivity contribution in [2.24, 2.45) is 34.5 Å². The standard InChI is InChI=1S/C40H56N2O2/c1-39-19-17-31-29-11-7-27(43)23-25(29)5-9-33(31)35(39)13-15-37(39)41-21-3-4-22-42-38-16-14-36-34-10-6-26-24-28(44)8-12-30(26)32(34)18-20-40(36,38)2/h7-8,11-12,23-24,31-38,41-44H,3-6,9-10,13-22H2,1-2H3/t31-,32-,33-,34-,35+,36+,37+,38+,39+,40+/m1/s1. The maximum absolute atomic E-state index is 10.0. The van der Waals surface area contributed by atoms with E-state index in [1.165, 1.54) is 88.2 Å². The topological polar surface area (TPSA) is 64.5 Å². The lowest BCUT2D eigenvalue weighted by Crippen LogP contribution is -2.49. The van der Waals surface area contributed by atoms with Gasteiger partial charge in [-0.3, -0.25) is 0 Å². The van der Waals surface area contributed by atoms with E-state index in [0.29, 0.717) is 46.2 Å². The number of nitrogens with one attached hydrogen (secondary N) is 2. The van der Waals surface area contributed by atoms with Crippen LogP contribution in [0.1, 0.15) is 125 Å². The van der Waals surface area contributed by atoms with Crippen LogP contribution in [0.3, 0.4) is 0 Å². The summed E-state index contributed by atoms with van der Waals surface area (Å²) in [6, 6.07) is 13.7. The third kappa shape index (κ3) is 4.75. The Hall–Kier alpha value is -2.04. The van der Waals surface area contributed by atoms with Crippen LogP contribution in [-0.2, 0) is 12.8 Å². The first-order valence-electron chi connectivity index (χ1n) is 18.5. The molecule has 0 aliphatic heterocycles. The normalized spacial score (nSPS) is 40.3. The van der Waals surface area contributed by atoms with Gasteiger partial charge in [-0.05, 0) is 196 Å². The first-order chi connectivity index (χ1) is 21.3. The summed E-state index contributed by atoms with van der Waals surface area (Å²) in [4.78, 5) is 0. The number of hydrogen-bond donors (Lipinski definition) is 4. The van der Waals surface area contributed by atoms with Crippen LogP contribution in [0.15, 0.2) is 36.4 Å². The molecule has 8 rings (SSSR count). The van der Waals surface area contributed by atoms with Crippen LogP contribution < -0.4 is 10.6 Å². The molecular formula is C40H56N2O2. The van der Waals surface area contributed by atoms with E-state index in [0.717, 1.165) is 49.6 Å². The Morgan fingerprint density at radius 2 is 1.07 bits per heavy atom. The zero-order chi connectivity index (χ0) is 30.1. The molecule has 0 heterocycles. The van der Waals surface area contributed by atoms with Crippen molar-refractivity contribution in [1.29, 1.82) is 0 Å². The molecule has 0 amide bonds. The molecule has 6 aliphatic rings. The fourth-order valence-electron chi connectivity index (χ4n) is 12.6. The highest BCUT2D eigenvalue weighted by atomic mass is 16.3. The molecule has 238 valence electrons. The molecule has 4 saturated carbocycles. The SMILES string of the molecule is C[C@]12CC[C@@H]3c4ccc(O)cc4CC[C@H]3[C@@H]1CC[C@@H]2NCCCCN[C@H]1CC[C@H]2[C@@H]3CCc4cc(O)ccc4[C@H]3CC[C@]12C. The second kappa shape index (κ2) is 11.3. The molecule has 0 unspecified atom stereocenters. The molecule has 0 saturated heterocycles. The number of phenolic OH excluding ortho intramolecular Hbond substituents is 2. The fraction of sp³-hybridized carbons (Fsp3) is 0.700. The van der Waals surface area contributed by atoms with Crippen LogP contribution in [0.25, 0.3) is 0 Å². The Bertz CT molecular complexity index is 1270. The van der Waals surface area contributed by atoms with E-state index in [-0.39, 0.29) is 0 Å². The summed E-state index contributed by atoms with van der Waals surface area (Å²) in [5.74, 6) is 5.62. The summed E-state index contributed by atoms with van der Waals surface area (Å²) in [6.07, 6.45) is 18.2. The molecule has 2 aromatic carbocycles. The molecule has 4 N–H and O–H groups in total. The Labute approximate surface area is 265 Å². The van der Waals surface area contributed by atoms with Crippen molar-refractivity contribution in [2.75, 3.05) is 13.1 Å². The first-order valence-corrected chi connectivity index (χ1v) is 18.5. The summed E-state index contributed by atoms with van der Waals surface area (Å²) in [5, 5.41) is 28.2. The summed E-state index contributed by atoms with van der Waals surface area (Å²) < 4.78 is 0. The highest BCUT2D eigenvalue weighted by Crippen LogP contribution is 2.62. The lowest BCUT2D eigenvalue weighted by atomic mass is 9.55. The Kier molecular flexibility index (Phi) is 7.57. The number of phenols is 2. The average Bonchev–Trinajstić information content (AvgIpc) is 3.54. The molecule has 44 heavy (non-hydrogen) atoms. The van der Waals surface area contributed by atoms with Gasteiger partial charge < -0.3 is 20.8 Å². The van der Waals surface area contributed by atoms with E-state index in [1.54, 1.807) is 11.1 Å². The van der Waals surface area contributed by atoms with E-state index in [9.17, 15) is 10.2 Å². The fourth-order valence-corrected chi connectivity index (χ4v) is 12.6. The van der Waals surface area contributed by atoms with E-state index < -0.39 is 0 Å². The summed E-state index contributed by atoms with van der Waals surface area (Å²) in [6.45, 7) is 7.56. The lowest BCUT2D eigenvalue weighted by molar-refractivity contribution is 0.0403. The maximum Gasteiger partial charge on any atom is 0.115 e. The third-order valence-corrected chi connectivity index (χ3v) is 14.8. The zero-order valence-electron chi connectivity index (χ0n) is 27.3. The predicted molar refractivity (Wildman–Crippen MR) is 178 cm³/mol. The van der Waals surface area contributed by atoms with Gasteiger partial charge in [0.1, 0.15) is 11.5 Å². The molecule has 6 aliphatic carbocycles. The number of aromatic hydroxyl groups is 2. The largest absolute Gasteiger partial charge is 0.508 e. The summed E-state index contributed by atoms with van der Waals surface area (Å²) in [7, 11) is 0. The summed E-state index contributed by atoms with van der Waals surface area (Å²) in [5.41, 5.74) is 6.80. The van der Waals surface area contributed by atoms with Crippen LogP contribution in [0.2, 0.25) is 0 Å². The molecule has 4 heteroatoms. The first kappa shape index (κ1) is 29.4. The van der Waals surface area contributed by atoms with Crippen molar-refractivity contribution in [3.05, 3.63) is 58.7 Å². The minimum atomic E-state index is 0.436. The van der Waals surface area contributed by atoms with Gasteiger partial charge in [0.05, 0.1) is 0 Å². The molecule has 0 bridgehead atoms. The maximum atomic E-state index is 10.0. The molecular weight excluding hydrogens is 540 g/mol. The van der Waals surface area contributed by atoms with Gasteiger partial charge in [-0.2, -0.15) is 0 Å². The predicted octanol–water partition coefficient (Wildman–Crippen LogP) is 8.21. The number of aryl methyl sites for hydroxylation is 2.